The van der Waals surface area contributed by atoms with Crippen LogP contribution in [0.2, 0.25) is 0 Å². The standard InChI is InChI=1S/C16H10N4/c1-2-4-13-11(3-1)12-5-6-18-15-14-10(7-17-9-19-14)8-20(13)16(12)15/h1-7,9H,8H2. The maximum atomic E-state index is 4.56. The molecule has 0 spiro atoms. The molecular weight excluding hydrogens is 248 g/mol. The fourth-order valence-corrected chi connectivity index (χ4v) is 3.20. The van der Waals surface area contributed by atoms with Crippen LogP contribution in [0.25, 0.3) is 33.2 Å². The van der Waals surface area contributed by atoms with E-state index in [0.717, 1.165) is 23.5 Å². The predicted octanol–water partition coefficient (Wildman–Crippen LogP) is 3.01. The normalized spacial score (nSPS) is 12.8. The van der Waals surface area contributed by atoms with Gasteiger partial charge >= 0.3 is 0 Å². The minimum absolute atomic E-state index is 0.804. The van der Waals surface area contributed by atoms with Crippen LogP contribution in [0, 0.1) is 0 Å². The molecule has 4 nitrogen and oxygen atoms in total. The molecule has 0 unspecified atom stereocenters. The zero-order valence-electron chi connectivity index (χ0n) is 10.6. The molecular formula is C16H10N4. The van der Waals surface area contributed by atoms with Crippen molar-refractivity contribution in [2.75, 3.05) is 0 Å². The van der Waals surface area contributed by atoms with Crippen molar-refractivity contribution in [3.63, 3.8) is 0 Å². The summed E-state index contributed by atoms with van der Waals surface area (Å²) in [5.41, 5.74) is 5.47. The van der Waals surface area contributed by atoms with Crippen LogP contribution in [0.5, 0.6) is 0 Å². The molecule has 5 rings (SSSR count). The smallest absolute Gasteiger partial charge is 0.116 e. The Hall–Kier alpha value is -2.75. The molecule has 1 aliphatic rings. The first kappa shape index (κ1) is 10.1. The first-order valence-corrected chi connectivity index (χ1v) is 6.59. The first-order chi connectivity index (χ1) is 9.93. The average molecular weight is 258 g/mol. The zero-order chi connectivity index (χ0) is 13.1. The zero-order valence-corrected chi connectivity index (χ0v) is 10.6. The number of pyridine rings is 1. The molecule has 20 heavy (non-hydrogen) atoms. The molecule has 0 saturated heterocycles. The van der Waals surface area contributed by atoms with Crippen molar-refractivity contribution in [3.8, 4) is 11.4 Å². The molecule has 0 atom stereocenters. The Morgan fingerprint density at radius 1 is 0.950 bits per heavy atom. The van der Waals surface area contributed by atoms with E-state index in [9.17, 15) is 0 Å². The largest absolute Gasteiger partial charge is 0.334 e. The monoisotopic (exact) mass is 258 g/mol. The third kappa shape index (κ3) is 1.09. The van der Waals surface area contributed by atoms with Gasteiger partial charge in [0.15, 0.2) is 0 Å². The van der Waals surface area contributed by atoms with E-state index < -0.39 is 0 Å². The van der Waals surface area contributed by atoms with Crippen LogP contribution in [0.4, 0.5) is 0 Å². The molecule has 4 heteroatoms. The van der Waals surface area contributed by atoms with E-state index in [1.165, 1.54) is 21.8 Å². The Balaban J connectivity index is 2.07. The lowest BCUT2D eigenvalue weighted by molar-refractivity contribution is 0.838. The topological polar surface area (TPSA) is 43.6 Å². The van der Waals surface area contributed by atoms with Gasteiger partial charge in [0.25, 0.3) is 0 Å². The number of hydrogen-bond donors (Lipinski definition) is 0. The summed E-state index contributed by atoms with van der Waals surface area (Å²) in [6.45, 7) is 0.804. The third-order valence-electron chi connectivity index (χ3n) is 4.02. The van der Waals surface area contributed by atoms with Crippen LogP contribution in [-0.2, 0) is 6.54 Å². The lowest BCUT2D eigenvalue weighted by atomic mass is 10.1. The second kappa shape index (κ2) is 3.42. The van der Waals surface area contributed by atoms with Crippen LogP contribution < -0.4 is 0 Å². The second-order valence-electron chi connectivity index (χ2n) is 5.06. The van der Waals surface area contributed by atoms with Crippen molar-refractivity contribution >= 4 is 21.8 Å². The summed E-state index contributed by atoms with van der Waals surface area (Å²) in [6, 6.07) is 10.6. The molecule has 0 bridgehead atoms. The van der Waals surface area contributed by atoms with Gasteiger partial charge in [-0.15, -0.1) is 0 Å². The second-order valence-corrected chi connectivity index (χ2v) is 5.06. The average Bonchev–Trinajstić information content (AvgIpc) is 2.84. The van der Waals surface area contributed by atoms with E-state index in [1.807, 2.05) is 12.4 Å². The van der Waals surface area contributed by atoms with Gasteiger partial charge in [-0.2, -0.15) is 0 Å². The number of aromatic nitrogens is 4. The fraction of sp³-hybridized carbons (Fsp3) is 0.0625. The van der Waals surface area contributed by atoms with Gasteiger partial charge in [-0.05, 0) is 12.1 Å². The predicted molar refractivity (Wildman–Crippen MR) is 77.4 cm³/mol. The van der Waals surface area contributed by atoms with Crippen LogP contribution in [-0.4, -0.2) is 19.5 Å². The highest BCUT2D eigenvalue weighted by molar-refractivity contribution is 6.12. The maximum absolute atomic E-state index is 4.56. The highest BCUT2D eigenvalue weighted by Gasteiger charge is 2.23. The molecule has 4 heterocycles. The summed E-state index contributed by atoms with van der Waals surface area (Å²) < 4.78 is 2.32. The quantitative estimate of drug-likeness (QED) is 0.429. The highest BCUT2D eigenvalue weighted by Crippen LogP contribution is 2.38. The molecule has 4 aromatic rings. The SMILES string of the molecule is c1ccc2c(c1)c1ccnc3c1n2Cc1cncnc1-3. The molecule has 0 amide bonds. The van der Waals surface area contributed by atoms with Gasteiger partial charge in [-0.25, -0.2) is 9.97 Å². The fourth-order valence-electron chi connectivity index (χ4n) is 3.20. The summed E-state index contributed by atoms with van der Waals surface area (Å²) in [5, 5.41) is 2.52. The van der Waals surface area contributed by atoms with Crippen molar-refractivity contribution in [1.82, 2.24) is 19.5 Å². The third-order valence-corrected chi connectivity index (χ3v) is 4.02. The van der Waals surface area contributed by atoms with Crippen molar-refractivity contribution in [1.29, 1.82) is 0 Å². The van der Waals surface area contributed by atoms with E-state index in [1.54, 1.807) is 6.33 Å². The first-order valence-electron chi connectivity index (χ1n) is 6.59. The highest BCUT2D eigenvalue weighted by atomic mass is 15.0. The minimum Gasteiger partial charge on any atom is -0.334 e. The summed E-state index contributed by atoms with van der Waals surface area (Å²) in [7, 11) is 0. The van der Waals surface area contributed by atoms with Gasteiger partial charge in [0.2, 0.25) is 0 Å². The Kier molecular flexibility index (Phi) is 1.72. The Labute approximate surface area is 114 Å². The van der Waals surface area contributed by atoms with Gasteiger partial charge in [0.05, 0.1) is 17.8 Å². The van der Waals surface area contributed by atoms with Gasteiger partial charge < -0.3 is 4.57 Å². The Morgan fingerprint density at radius 3 is 2.90 bits per heavy atom. The number of benzene rings is 1. The molecule has 0 aliphatic carbocycles. The lowest BCUT2D eigenvalue weighted by Crippen LogP contribution is -2.10. The van der Waals surface area contributed by atoms with Crippen LogP contribution in [0.15, 0.2) is 49.1 Å². The van der Waals surface area contributed by atoms with Crippen molar-refractivity contribution in [3.05, 3.63) is 54.6 Å². The van der Waals surface area contributed by atoms with Crippen molar-refractivity contribution in [2.24, 2.45) is 0 Å². The van der Waals surface area contributed by atoms with Crippen LogP contribution in [0.3, 0.4) is 0 Å². The molecule has 0 saturated carbocycles. The van der Waals surface area contributed by atoms with Gasteiger partial charge in [-0.3, -0.25) is 4.98 Å². The van der Waals surface area contributed by atoms with Crippen molar-refractivity contribution in [2.45, 2.75) is 6.54 Å². The van der Waals surface area contributed by atoms with Crippen molar-refractivity contribution < 1.29 is 0 Å². The lowest BCUT2D eigenvalue weighted by Gasteiger charge is -2.17. The molecule has 3 aromatic heterocycles. The van der Waals surface area contributed by atoms with Crippen LogP contribution in [0.1, 0.15) is 5.56 Å². The molecule has 0 radical (unpaired) electrons. The summed E-state index contributed by atoms with van der Waals surface area (Å²) in [4.78, 5) is 13.1. The van der Waals surface area contributed by atoms with Gasteiger partial charge in [-0.1, -0.05) is 18.2 Å². The molecule has 1 aromatic carbocycles. The van der Waals surface area contributed by atoms with Gasteiger partial charge in [0, 0.05) is 34.2 Å². The summed E-state index contributed by atoms with van der Waals surface area (Å²) in [5.74, 6) is 0. The van der Waals surface area contributed by atoms with Crippen LogP contribution >= 0.6 is 0 Å². The number of para-hydroxylation sites is 1. The van der Waals surface area contributed by atoms with E-state index >= 15 is 0 Å². The van der Waals surface area contributed by atoms with E-state index in [0.29, 0.717) is 0 Å². The number of nitrogens with zero attached hydrogens (tertiary/aromatic N) is 4. The molecule has 0 N–H and O–H groups in total. The number of rotatable bonds is 0. The summed E-state index contributed by atoms with van der Waals surface area (Å²) >= 11 is 0. The van der Waals surface area contributed by atoms with E-state index in [-0.39, 0.29) is 0 Å². The maximum Gasteiger partial charge on any atom is 0.116 e. The molecule has 0 fully saturated rings. The van der Waals surface area contributed by atoms with Gasteiger partial charge in [0.1, 0.15) is 12.0 Å². The summed E-state index contributed by atoms with van der Waals surface area (Å²) in [6.07, 6.45) is 5.35. The Bertz CT molecular complexity index is 984. The number of fused-ring (bicyclic) bond motifs is 5. The molecule has 94 valence electrons. The molecule has 1 aliphatic heterocycles. The minimum atomic E-state index is 0.804. The van der Waals surface area contributed by atoms with E-state index in [4.69, 9.17) is 0 Å². The number of hydrogen-bond acceptors (Lipinski definition) is 3. The Morgan fingerprint density at radius 2 is 1.90 bits per heavy atom. The van der Waals surface area contributed by atoms with E-state index in [2.05, 4.69) is 49.9 Å².